The molecular formula is C25H35N3O3S. The molecule has 0 aromatic heterocycles. The third-order valence-electron chi connectivity index (χ3n) is 6.15. The monoisotopic (exact) mass is 457 g/mol. The van der Waals surface area contributed by atoms with Crippen LogP contribution in [-0.4, -0.2) is 56.3 Å². The summed E-state index contributed by atoms with van der Waals surface area (Å²) >= 11 is 0. The minimum absolute atomic E-state index is 0.0438. The van der Waals surface area contributed by atoms with E-state index < -0.39 is 10.0 Å². The predicted octanol–water partition coefficient (Wildman–Crippen LogP) is 3.56. The lowest BCUT2D eigenvalue weighted by atomic mass is 10.0. The molecule has 1 saturated heterocycles. The molecule has 0 saturated carbocycles. The van der Waals surface area contributed by atoms with E-state index in [1.807, 2.05) is 24.0 Å². The van der Waals surface area contributed by atoms with E-state index in [1.165, 1.54) is 9.87 Å². The molecule has 7 heteroatoms. The van der Waals surface area contributed by atoms with Crippen molar-refractivity contribution < 1.29 is 13.2 Å². The molecule has 6 nitrogen and oxygen atoms in total. The van der Waals surface area contributed by atoms with Crippen LogP contribution in [0.1, 0.15) is 56.3 Å². The number of benzene rings is 2. The zero-order valence-electron chi connectivity index (χ0n) is 19.5. The van der Waals surface area contributed by atoms with Crippen LogP contribution in [0.15, 0.2) is 53.4 Å². The molecule has 1 N–H and O–H groups in total. The lowest BCUT2D eigenvalue weighted by Gasteiger charge is -2.33. The van der Waals surface area contributed by atoms with Gasteiger partial charge >= 0.3 is 0 Å². The van der Waals surface area contributed by atoms with E-state index in [9.17, 15) is 13.2 Å². The summed E-state index contributed by atoms with van der Waals surface area (Å²) in [5.41, 5.74) is 3.47. The normalized spacial score (nSPS) is 16.8. The Balaban J connectivity index is 1.50. The van der Waals surface area contributed by atoms with Gasteiger partial charge in [0.1, 0.15) is 0 Å². The fraction of sp³-hybridized carbons (Fsp3) is 0.480. The molecule has 1 aliphatic heterocycles. The van der Waals surface area contributed by atoms with E-state index in [0.717, 1.165) is 17.5 Å². The maximum Gasteiger partial charge on any atom is 0.243 e. The van der Waals surface area contributed by atoms with Gasteiger partial charge in [0.05, 0.1) is 17.5 Å². The number of nitrogens with zero attached hydrogens (tertiary/aromatic N) is 2. The summed E-state index contributed by atoms with van der Waals surface area (Å²) in [6.45, 7) is 10.4. The lowest BCUT2D eigenvalue weighted by Crippen LogP contribution is -2.51. The Kier molecular flexibility index (Phi) is 8.09. The molecule has 0 unspecified atom stereocenters. The topological polar surface area (TPSA) is 69.7 Å². The Morgan fingerprint density at radius 2 is 1.47 bits per heavy atom. The van der Waals surface area contributed by atoms with Gasteiger partial charge in [-0.3, -0.25) is 9.69 Å². The third-order valence-corrected chi connectivity index (χ3v) is 8.06. The Hall–Kier alpha value is -2.22. The van der Waals surface area contributed by atoms with Crippen molar-refractivity contribution in [2.75, 3.05) is 32.7 Å². The van der Waals surface area contributed by atoms with Gasteiger partial charge in [-0.25, -0.2) is 8.42 Å². The van der Waals surface area contributed by atoms with Crippen LogP contribution >= 0.6 is 0 Å². The van der Waals surface area contributed by atoms with Crippen LogP contribution in [0.4, 0.5) is 0 Å². The van der Waals surface area contributed by atoms with Crippen LogP contribution in [0.3, 0.4) is 0 Å². The highest BCUT2D eigenvalue weighted by Gasteiger charge is 2.29. The Labute approximate surface area is 192 Å². The van der Waals surface area contributed by atoms with Crippen LogP contribution in [-0.2, 0) is 21.2 Å². The largest absolute Gasteiger partial charge is 0.348 e. The maximum atomic E-state index is 13.0. The number of piperazine rings is 1. The number of hydrogen-bond acceptors (Lipinski definition) is 4. The van der Waals surface area contributed by atoms with Gasteiger partial charge in [0.15, 0.2) is 0 Å². The molecule has 3 rings (SSSR count). The van der Waals surface area contributed by atoms with Gasteiger partial charge in [-0.05, 0) is 48.1 Å². The maximum absolute atomic E-state index is 13.0. The fourth-order valence-electron chi connectivity index (χ4n) is 3.92. The van der Waals surface area contributed by atoms with Gasteiger partial charge in [-0.15, -0.1) is 0 Å². The third kappa shape index (κ3) is 5.97. The molecule has 1 fully saturated rings. The number of sulfonamides is 1. The summed E-state index contributed by atoms with van der Waals surface area (Å²) in [5, 5.41) is 3.05. The summed E-state index contributed by atoms with van der Waals surface area (Å²) in [5.74, 6) is 0.317. The second kappa shape index (κ2) is 10.6. The second-order valence-corrected chi connectivity index (χ2v) is 10.7. The first-order valence-corrected chi connectivity index (χ1v) is 12.9. The summed E-state index contributed by atoms with van der Waals surface area (Å²) in [6.07, 6.45) is 0.992. The average molecular weight is 458 g/mol. The first kappa shape index (κ1) is 24.4. The van der Waals surface area contributed by atoms with E-state index in [-0.39, 0.29) is 18.5 Å². The molecule has 1 aliphatic rings. The lowest BCUT2D eigenvalue weighted by molar-refractivity contribution is -0.123. The van der Waals surface area contributed by atoms with E-state index in [2.05, 4.69) is 50.4 Å². The highest BCUT2D eigenvalue weighted by molar-refractivity contribution is 7.89. The van der Waals surface area contributed by atoms with Gasteiger partial charge in [-0.2, -0.15) is 4.31 Å². The fourth-order valence-corrected chi connectivity index (χ4v) is 5.34. The molecule has 0 aliphatic carbocycles. The van der Waals surface area contributed by atoms with E-state index in [1.54, 1.807) is 12.1 Å². The van der Waals surface area contributed by atoms with Crippen LogP contribution in [0.2, 0.25) is 0 Å². The molecule has 1 atom stereocenters. The summed E-state index contributed by atoms with van der Waals surface area (Å²) in [7, 11) is -3.51. The van der Waals surface area contributed by atoms with Crippen molar-refractivity contribution in [1.29, 1.82) is 0 Å². The molecule has 174 valence electrons. The van der Waals surface area contributed by atoms with Crippen LogP contribution < -0.4 is 5.32 Å². The Bertz CT molecular complexity index is 994. The molecule has 0 bridgehead atoms. The highest BCUT2D eigenvalue weighted by atomic mass is 32.2. The smallest absolute Gasteiger partial charge is 0.243 e. The molecule has 32 heavy (non-hydrogen) atoms. The SMILES string of the molecule is CCc1ccc([C@@H](C)NC(=O)CN2CCN(S(=O)(=O)c3ccc(C(C)C)cc3)CC2)cc1. The Morgan fingerprint density at radius 1 is 0.906 bits per heavy atom. The minimum Gasteiger partial charge on any atom is -0.348 e. The first-order valence-electron chi connectivity index (χ1n) is 11.4. The average Bonchev–Trinajstić information content (AvgIpc) is 2.79. The molecule has 1 amide bonds. The minimum atomic E-state index is -3.51. The summed E-state index contributed by atoms with van der Waals surface area (Å²) in [4.78, 5) is 14.9. The number of nitrogens with one attached hydrogen (secondary N) is 1. The van der Waals surface area contributed by atoms with Crippen molar-refractivity contribution in [1.82, 2.24) is 14.5 Å². The van der Waals surface area contributed by atoms with Crippen LogP contribution in [0.25, 0.3) is 0 Å². The van der Waals surface area contributed by atoms with Crippen molar-refractivity contribution in [3.63, 3.8) is 0 Å². The zero-order valence-corrected chi connectivity index (χ0v) is 20.4. The number of aryl methyl sites for hydroxylation is 1. The summed E-state index contributed by atoms with van der Waals surface area (Å²) in [6, 6.07) is 15.4. The number of carbonyl (C=O) groups excluding carboxylic acids is 1. The van der Waals surface area contributed by atoms with Gasteiger partial charge in [0, 0.05) is 26.2 Å². The highest BCUT2D eigenvalue weighted by Crippen LogP contribution is 2.21. The van der Waals surface area contributed by atoms with Crippen molar-refractivity contribution >= 4 is 15.9 Å². The molecule has 2 aromatic rings. The van der Waals surface area contributed by atoms with Gasteiger partial charge in [0.2, 0.25) is 15.9 Å². The van der Waals surface area contributed by atoms with E-state index in [4.69, 9.17) is 0 Å². The molecular weight excluding hydrogens is 422 g/mol. The van der Waals surface area contributed by atoms with Crippen molar-refractivity contribution in [2.24, 2.45) is 0 Å². The second-order valence-electron chi connectivity index (χ2n) is 8.79. The predicted molar refractivity (Wildman–Crippen MR) is 128 cm³/mol. The van der Waals surface area contributed by atoms with Crippen LogP contribution in [0.5, 0.6) is 0 Å². The number of hydrogen-bond donors (Lipinski definition) is 1. The molecule has 0 spiro atoms. The van der Waals surface area contributed by atoms with Gasteiger partial charge in [-0.1, -0.05) is 57.2 Å². The van der Waals surface area contributed by atoms with E-state index >= 15 is 0 Å². The van der Waals surface area contributed by atoms with Crippen LogP contribution in [0, 0.1) is 0 Å². The summed E-state index contributed by atoms with van der Waals surface area (Å²) < 4.78 is 27.5. The van der Waals surface area contributed by atoms with Gasteiger partial charge < -0.3 is 5.32 Å². The standard InChI is InChI=1S/C25H35N3O3S/c1-5-21-6-8-23(9-7-21)20(4)26-25(29)18-27-14-16-28(17-15-27)32(30,31)24-12-10-22(11-13-24)19(2)3/h6-13,19-20H,5,14-18H2,1-4H3,(H,26,29)/t20-/m1/s1. The number of amides is 1. The van der Waals surface area contributed by atoms with E-state index in [0.29, 0.717) is 37.0 Å². The number of carbonyl (C=O) groups is 1. The molecule has 2 aromatic carbocycles. The zero-order chi connectivity index (χ0) is 23.3. The van der Waals surface area contributed by atoms with Crippen molar-refractivity contribution in [3.05, 3.63) is 65.2 Å². The molecule has 1 heterocycles. The Morgan fingerprint density at radius 3 is 2.00 bits per heavy atom. The van der Waals surface area contributed by atoms with Gasteiger partial charge in [0.25, 0.3) is 0 Å². The molecule has 0 radical (unpaired) electrons. The first-order chi connectivity index (χ1) is 15.2. The van der Waals surface area contributed by atoms with Crippen molar-refractivity contribution in [3.8, 4) is 0 Å². The van der Waals surface area contributed by atoms with Crippen molar-refractivity contribution in [2.45, 2.75) is 51.0 Å². The quantitative estimate of drug-likeness (QED) is 0.658. The number of rotatable bonds is 8.